The number of rotatable bonds is 4. The van der Waals surface area contributed by atoms with Gasteiger partial charge in [-0.05, 0) is 53.1 Å². The number of hydrogen-bond donors (Lipinski definition) is 2. The number of carbonyl (C=O) groups excluding carboxylic acids is 1. The van der Waals surface area contributed by atoms with Crippen molar-refractivity contribution in [2.45, 2.75) is 0 Å². The molecule has 0 fully saturated rings. The van der Waals surface area contributed by atoms with E-state index in [9.17, 15) is 4.79 Å². The molecule has 28 heavy (non-hydrogen) atoms. The molecule has 2 aromatic heterocycles. The Balaban J connectivity index is 1.55. The first-order chi connectivity index (χ1) is 13.7. The maximum atomic E-state index is 12.7. The maximum absolute atomic E-state index is 12.7. The van der Waals surface area contributed by atoms with E-state index < -0.39 is 0 Å². The Morgan fingerprint density at radius 2 is 1.36 bits per heavy atom. The predicted molar refractivity (Wildman–Crippen MR) is 112 cm³/mol. The van der Waals surface area contributed by atoms with Gasteiger partial charge >= 0.3 is 0 Å². The molecule has 0 unspecified atom stereocenters. The van der Waals surface area contributed by atoms with E-state index in [1.165, 1.54) is 0 Å². The zero-order valence-electron chi connectivity index (χ0n) is 15.0. The average molecular weight is 366 g/mol. The molecule has 5 nitrogen and oxygen atoms in total. The molecular formula is C23H18N4O. The molecule has 0 spiro atoms. The van der Waals surface area contributed by atoms with Crippen LogP contribution in [0.25, 0.3) is 22.3 Å². The number of benzene rings is 2. The Bertz CT molecular complexity index is 1090. The number of amides is 1. The third-order valence-electron chi connectivity index (χ3n) is 4.44. The van der Waals surface area contributed by atoms with E-state index in [2.05, 4.69) is 15.3 Å². The van der Waals surface area contributed by atoms with Crippen molar-refractivity contribution in [3.63, 3.8) is 0 Å². The third kappa shape index (κ3) is 3.73. The van der Waals surface area contributed by atoms with Gasteiger partial charge in [-0.15, -0.1) is 0 Å². The molecule has 3 N–H and O–H groups in total. The molecule has 1 amide bonds. The Kier molecular flexibility index (Phi) is 4.80. The van der Waals surface area contributed by atoms with Gasteiger partial charge in [0.05, 0.1) is 11.4 Å². The largest absolute Gasteiger partial charge is 0.397 e. The van der Waals surface area contributed by atoms with Crippen molar-refractivity contribution in [3.8, 4) is 22.3 Å². The highest BCUT2D eigenvalue weighted by Crippen LogP contribution is 2.27. The molecule has 0 saturated carbocycles. The van der Waals surface area contributed by atoms with Crippen molar-refractivity contribution in [2.75, 3.05) is 11.1 Å². The minimum Gasteiger partial charge on any atom is -0.397 e. The van der Waals surface area contributed by atoms with Gasteiger partial charge in [0.15, 0.2) is 0 Å². The van der Waals surface area contributed by atoms with Gasteiger partial charge in [0, 0.05) is 35.9 Å². The molecule has 4 aromatic rings. The summed E-state index contributed by atoms with van der Waals surface area (Å²) in [5.41, 5.74) is 11.6. The standard InChI is InChI=1S/C23H18N4O/c24-21-10-9-18(20-4-2-12-26-15-20)13-22(21)27-23(28)17-7-5-16(6-8-17)19-3-1-11-25-14-19/h1-15H,24H2,(H,27,28). The predicted octanol–water partition coefficient (Wildman–Crippen LogP) is 4.65. The van der Waals surface area contributed by atoms with Crippen LogP contribution in [0.15, 0.2) is 91.5 Å². The van der Waals surface area contributed by atoms with Gasteiger partial charge in [-0.25, -0.2) is 0 Å². The molecular weight excluding hydrogens is 348 g/mol. The summed E-state index contributed by atoms with van der Waals surface area (Å²) in [5, 5.41) is 2.90. The monoisotopic (exact) mass is 366 g/mol. The summed E-state index contributed by atoms with van der Waals surface area (Å²) < 4.78 is 0. The van der Waals surface area contributed by atoms with Crippen LogP contribution in [0, 0.1) is 0 Å². The van der Waals surface area contributed by atoms with Crippen LogP contribution in [0.3, 0.4) is 0 Å². The number of nitrogens with zero attached hydrogens (tertiary/aromatic N) is 2. The highest BCUT2D eigenvalue weighted by molar-refractivity contribution is 6.06. The van der Waals surface area contributed by atoms with Gasteiger partial charge in [-0.3, -0.25) is 14.8 Å². The normalized spacial score (nSPS) is 10.4. The van der Waals surface area contributed by atoms with Crippen LogP contribution < -0.4 is 11.1 Å². The number of pyridine rings is 2. The second-order valence-electron chi connectivity index (χ2n) is 6.32. The first-order valence-corrected chi connectivity index (χ1v) is 8.82. The molecule has 2 heterocycles. The number of nitrogens with two attached hydrogens (primary N) is 1. The van der Waals surface area contributed by atoms with Gasteiger partial charge in [-0.1, -0.05) is 30.3 Å². The molecule has 0 atom stereocenters. The van der Waals surface area contributed by atoms with Gasteiger partial charge in [0.1, 0.15) is 0 Å². The van der Waals surface area contributed by atoms with Crippen molar-refractivity contribution in [1.82, 2.24) is 9.97 Å². The number of aromatic nitrogens is 2. The summed E-state index contributed by atoms with van der Waals surface area (Å²) >= 11 is 0. The third-order valence-corrected chi connectivity index (χ3v) is 4.44. The highest BCUT2D eigenvalue weighted by atomic mass is 16.1. The highest BCUT2D eigenvalue weighted by Gasteiger charge is 2.10. The summed E-state index contributed by atoms with van der Waals surface area (Å²) in [4.78, 5) is 20.9. The van der Waals surface area contributed by atoms with Crippen molar-refractivity contribution in [3.05, 3.63) is 97.1 Å². The van der Waals surface area contributed by atoms with Crippen molar-refractivity contribution in [2.24, 2.45) is 0 Å². The molecule has 0 aliphatic heterocycles. The summed E-state index contributed by atoms with van der Waals surface area (Å²) in [6.07, 6.45) is 7.02. The number of nitrogen functional groups attached to an aromatic ring is 1. The van der Waals surface area contributed by atoms with Gasteiger partial charge in [0.2, 0.25) is 0 Å². The lowest BCUT2D eigenvalue weighted by molar-refractivity contribution is 0.102. The van der Waals surface area contributed by atoms with Gasteiger partial charge in [-0.2, -0.15) is 0 Å². The van der Waals surface area contributed by atoms with Crippen molar-refractivity contribution < 1.29 is 4.79 Å². The number of hydrogen-bond acceptors (Lipinski definition) is 4. The smallest absolute Gasteiger partial charge is 0.255 e. The van der Waals surface area contributed by atoms with Crippen LogP contribution >= 0.6 is 0 Å². The Hall–Kier alpha value is -3.99. The lowest BCUT2D eigenvalue weighted by atomic mass is 10.0. The molecule has 5 heteroatoms. The Labute approximate surface area is 162 Å². The number of carbonyl (C=O) groups is 1. The van der Waals surface area contributed by atoms with E-state index in [0.717, 1.165) is 22.3 Å². The molecule has 0 bridgehead atoms. The summed E-state index contributed by atoms with van der Waals surface area (Å²) in [6, 6.07) is 20.6. The van der Waals surface area contributed by atoms with Crippen LogP contribution in [0.2, 0.25) is 0 Å². The summed E-state index contributed by atoms with van der Waals surface area (Å²) in [7, 11) is 0. The maximum Gasteiger partial charge on any atom is 0.255 e. The zero-order chi connectivity index (χ0) is 19.3. The van der Waals surface area contributed by atoms with E-state index in [4.69, 9.17) is 5.73 Å². The first kappa shape index (κ1) is 17.4. The summed E-state index contributed by atoms with van der Waals surface area (Å²) in [6.45, 7) is 0. The fourth-order valence-electron chi connectivity index (χ4n) is 2.92. The van der Waals surface area contributed by atoms with Crippen LogP contribution in [-0.2, 0) is 0 Å². The molecule has 0 saturated heterocycles. The lowest BCUT2D eigenvalue weighted by Crippen LogP contribution is -2.13. The van der Waals surface area contributed by atoms with Crippen LogP contribution in [-0.4, -0.2) is 15.9 Å². The first-order valence-electron chi connectivity index (χ1n) is 8.82. The fraction of sp³-hybridized carbons (Fsp3) is 0. The lowest BCUT2D eigenvalue weighted by Gasteiger charge is -2.11. The average Bonchev–Trinajstić information content (AvgIpc) is 2.76. The molecule has 0 aliphatic carbocycles. The SMILES string of the molecule is Nc1ccc(-c2cccnc2)cc1NC(=O)c1ccc(-c2cccnc2)cc1. The van der Waals surface area contributed by atoms with E-state index in [0.29, 0.717) is 16.9 Å². The van der Waals surface area contributed by atoms with E-state index in [1.54, 1.807) is 43.0 Å². The van der Waals surface area contributed by atoms with Crippen LogP contribution in [0.1, 0.15) is 10.4 Å². The van der Waals surface area contributed by atoms with E-state index >= 15 is 0 Å². The second-order valence-corrected chi connectivity index (χ2v) is 6.32. The number of nitrogens with one attached hydrogen (secondary N) is 1. The summed E-state index contributed by atoms with van der Waals surface area (Å²) in [5.74, 6) is -0.215. The molecule has 0 radical (unpaired) electrons. The van der Waals surface area contributed by atoms with E-state index in [-0.39, 0.29) is 5.91 Å². The quantitative estimate of drug-likeness (QED) is 0.515. The number of anilines is 2. The van der Waals surface area contributed by atoms with Gasteiger partial charge < -0.3 is 11.1 Å². The van der Waals surface area contributed by atoms with Crippen LogP contribution in [0.5, 0.6) is 0 Å². The Morgan fingerprint density at radius 3 is 1.96 bits per heavy atom. The molecule has 2 aromatic carbocycles. The topological polar surface area (TPSA) is 80.9 Å². The van der Waals surface area contributed by atoms with Crippen LogP contribution in [0.4, 0.5) is 11.4 Å². The van der Waals surface area contributed by atoms with Gasteiger partial charge in [0.25, 0.3) is 5.91 Å². The minimum atomic E-state index is -0.215. The second kappa shape index (κ2) is 7.72. The van der Waals surface area contributed by atoms with Crippen molar-refractivity contribution in [1.29, 1.82) is 0 Å². The molecule has 4 rings (SSSR count). The van der Waals surface area contributed by atoms with E-state index in [1.807, 2.05) is 48.5 Å². The minimum absolute atomic E-state index is 0.215. The molecule has 0 aliphatic rings. The van der Waals surface area contributed by atoms with Crippen molar-refractivity contribution >= 4 is 17.3 Å². The molecule has 136 valence electrons. The zero-order valence-corrected chi connectivity index (χ0v) is 15.0. The Morgan fingerprint density at radius 1 is 0.750 bits per heavy atom. The fourth-order valence-corrected chi connectivity index (χ4v) is 2.92.